The van der Waals surface area contributed by atoms with Crippen LogP contribution in [0.2, 0.25) is 0 Å². The number of pyridine rings is 1. The first-order valence-electron chi connectivity index (χ1n) is 10.8. The molecule has 1 heterocycles. The summed E-state index contributed by atoms with van der Waals surface area (Å²) in [6.45, 7) is 6.79. The average Bonchev–Trinajstić information content (AvgIpc) is 2.80. The fourth-order valence-corrected chi connectivity index (χ4v) is 4.01. The number of ether oxygens (including phenoxy) is 2. The van der Waals surface area contributed by atoms with E-state index >= 15 is 0 Å². The van der Waals surface area contributed by atoms with Gasteiger partial charge in [-0.3, -0.25) is 9.51 Å². The largest absolute Gasteiger partial charge is 0.575 e. The monoisotopic (exact) mass is 485 g/mol. The van der Waals surface area contributed by atoms with Crippen LogP contribution in [0.25, 0.3) is 10.8 Å². The van der Waals surface area contributed by atoms with E-state index in [0.717, 1.165) is 5.39 Å². The highest BCUT2D eigenvalue weighted by atomic mass is 31.1. The Morgan fingerprint density at radius 2 is 1.97 bits per heavy atom. The van der Waals surface area contributed by atoms with Crippen molar-refractivity contribution in [3.8, 4) is 17.2 Å². The van der Waals surface area contributed by atoms with Crippen LogP contribution in [-0.2, 0) is 22.7 Å². The third-order valence-electron chi connectivity index (χ3n) is 4.99. The van der Waals surface area contributed by atoms with Crippen molar-refractivity contribution in [2.75, 3.05) is 0 Å². The van der Waals surface area contributed by atoms with E-state index < -0.39 is 20.2 Å². The summed E-state index contributed by atoms with van der Waals surface area (Å²) in [6.07, 6.45) is 1.28. The summed E-state index contributed by atoms with van der Waals surface area (Å²) in [6, 6.07) is 9.96. The van der Waals surface area contributed by atoms with Gasteiger partial charge >= 0.3 is 14.1 Å². The molecule has 34 heavy (non-hydrogen) atoms. The number of carbonyl (C=O) groups is 1. The topological polar surface area (TPSA) is 139 Å². The normalized spacial score (nSPS) is 12.6. The fourth-order valence-electron chi connectivity index (χ4n) is 3.24. The second-order valence-electron chi connectivity index (χ2n) is 7.91. The molecule has 2 aromatic carbocycles. The summed E-state index contributed by atoms with van der Waals surface area (Å²) in [4.78, 5) is 28.9. The third-order valence-corrected chi connectivity index (χ3v) is 5.86. The Labute approximate surface area is 199 Å². The third kappa shape index (κ3) is 5.99. The number of fused-ring (bicyclic) bond motifs is 1. The van der Waals surface area contributed by atoms with E-state index in [-0.39, 0.29) is 30.8 Å². The number of aromatic nitrogens is 1. The maximum atomic E-state index is 12.7. The molecule has 0 aliphatic carbocycles. The van der Waals surface area contributed by atoms with Crippen molar-refractivity contribution in [2.24, 2.45) is 10.5 Å². The molecule has 2 atom stereocenters. The summed E-state index contributed by atoms with van der Waals surface area (Å²) in [7, 11) is -2.61. The second-order valence-corrected chi connectivity index (χ2v) is 8.80. The second kappa shape index (κ2) is 11.2. The van der Waals surface area contributed by atoms with Crippen molar-refractivity contribution in [3.05, 3.63) is 59.4 Å². The number of rotatable bonds is 9. The lowest BCUT2D eigenvalue weighted by Gasteiger charge is -2.15. The SMILES string of the molecule is Cc1ncc(COc2ccc3ccccc3c2O[P+]([O-])=N[C@@H](C)C(=O)OC(C)C)c(CN)c1O. The molecule has 0 aliphatic heterocycles. The van der Waals surface area contributed by atoms with E-state index in [2.05, 4.69) is 9.73 Å². The average molecular weight is 485 g/mol. The van der Waals surface area contributed by atoms with Crippen LogP contribution in [0.1, 0.15) is 37.6 Å². The van der Waals surface area contributed by atoms with Gasteiger partial charge < -0.3 is 25.2 Å². The standard InChI is InChI=1S/C24H28N3O6P/c1-14(2)32-24(29)16(4)27-34(30)33-23-19-8-6-5-7-17(19)9-10-21(23)31-13-18-12-26-15(3)22(28)20(18)11-25/h5-10,12,14,16,28H,11,13,25H2,1-4H3/t16-/m0/s1. The van der Waals surface area contributed by atoms with Gasteiger partial charge in [0.2, 0.25) is 5.75 Å². The summed E-state index contributed by atoms with van der Waals surface area (Å²) in [5, 5.41) is 11.8. The van der Waals surface area contributed by atoms with Gasteiger partial charge in [0.1, 0.15) is 12.4 Å². The molecular weight excluding hydrogens is 457 g/mol. The summed E-state index contributed by atoms with van der Waals surface area (Å²) in [5.41, 5.74) is 7.43. The Hall–Kier alpha value is -3.26. The van der Waals surface area contributed by atoms with E-state index in [1.807, 2.05) is 30.3 Å². The molecule has 0 amide bonds. The zero-order valence-corrected chi connectivity index (χ0v) is 20.4. The van der Waals surface area contributed by atoms with E-state index in [4.69, 9.17) is 19.7 Å². The Balaban J connectivity index is 1.91. The molecule has 0 bridgehead atoms. The number of carbonyl (C=O) groups excluding carboxylic acids is 1. The molecule has 0 saturated carbocycles. The van der Waals surface area contributed by atoms with Crippen molar-refractivity contribution in [3.63, 3.8) is 0 Å². The van der Waals surface area contributed by atoms with Gasteiger partial charge in [0.15, 0.2) is 11.8 Å². The zero-order valence-electron chi connectivity index (χ0n) is 19.5. The van der Waals surface area contributed by atoms with Crippen LogP contribution in [0.3, 0.4) is 0 Å². The molecule has 9 nitrogen and oxygen atoms in total. The predicted molar refractivity (Wildman–Crippen MR) is 127 cm³/mol. The number of aryl methyl sites for hydroxylation is 1. The van der Waals surface area contributed by atoms with Gasteiger partial charge in [-0.25, -0.2) is 4.79 Å². The lowest BCUT2D eigenvalue weighted by Crippen LogP contribution is -2.21. The number of nitrogens with zero attached hydrogens (tertiary/aromatic N) is 2. The van der Waals surface area contributed by atoms with Crippen LogP contribution in [0.15, 0.2) is 47.3 Å². The molecule has 0 radical (unpaired) electrons. The Kier molecular flexibility index (Phi) is 8.39. The van der Waals surface area contributed by atoms with Crippen molar-refractivity contribution in [2.45, 2.75) is 53.0 Å². The van der Waals surface area contributed by atoms with Crippen molar-refractivity contribution in [1.82, 2.24) is 4.98 Å². The summed E-state index contributed by atoms with van der Waals surface area (Å²) >= 11 is 0. The van der Waals surface area contributed by atoms with Crippen molar-refractivity contribution in [1.29, 1.82) is 0 Å². The van der Waals surface area contributed by atoms with Gasteiger partial charge in [0.25, 0.3) is 0 Å². The summed E-state index contributed by atoms with van der Waals surface area (Å²) < 4.78 is 20.7. The van der Waals surface area contributed by atoms with Crippen molar-refractivity contribution >= 4 is 24.9 Å². The molecule has 0 saturated heterocycles. The molecule has 1 unspecified atom stereocenters. The van der Waals surface area contributed by atoms with Crippen molar-refractivity contribution < 1.29 is 28.8 Å². The van der Waals surface area contributed by atoms with Crippen LogP contribution in [0.4, 0.5) is 0 Å². The smallest absolute Gasteiger partial charge is 0.395 e. The van der Waals surface area contributed by atoms with Gasteiger partial charge in [-0.2, -0.15) is 0 Å². The van der Waals surface area contributed by atoms with Gasteiger partial charge in [-0.15, -0.1) is 0 Å². The Morgan fingerprint density at radius 1 is 1.24 bits per heavy atom. The van der Waals surface area contributed by atoms with Crippen LogP contribution in [0, 0.1) is 6.92 Å². The minimum atomic E-state index is -2.61. The molecule has 3 aromatic rings. The fraction of sp³-hybridized carbons (Fsp3) is 0.333. The number of hydrogen-bond acceptors (Lipinski definition) is 9. The molecule has 3 N–H and O–H groups in total. The first kappa shape index (κ1) is 25.4. The highest BCUT2D eigenvalue weighted by Gasteiger charge is 2.22. The van der Waals surface area contributed by atoms with E-state index in [1.165, 1.54) is 6.92 Å². The van der Waals surface area contributed by atoms with Gasteiger partial charge in [-0.1, -0.05) is 35.1 Å². The van der Waals surface area contributed by atoms with E-state index in [1.54, 1.807) is 33.0 Å². The maximum Gasteiger partial charge on any atom is 0.395 e. The van der Waals surface area contributed by atoms with Gasteiger partial charge in [0.05, 0.1) is 11.8 Å². The van der Waals surface area contributed by atoms with Crippen LogP contribution in [-0.4, -0.2) is 28.2 Å². The Bertz CT molecular complexity index is 1210. The molecule has 3 rings (SSSR count). The molecular formula is C24H28N3O6P. The number of aromatic hydroxyl groups is 1. The maximum absolute atomic E-state index is 12.7. The quantitative estimate of drug-likeness (QED) is 0.344. The Morgan fingerprint density at radius 3 is 2.68 bits per heavy atom. The lowest BCUT2D eigenvalue weighted by molar-refractivity contribution is -0.170. The van der Waals surface area contributed by atoms with Crippen LogP contribution < -0.4 is 19.9 Å². The van der Waals surface area contributed by atoms with Gasteiger partial charge in [0, 0.05) is 29.3 Å². The highest BCUT2D eigenvalue weighted by Crippen LogP contribution is 2.40. The van der Waals surface area contributed by atoms with Crippen LogP contribution in [0.5, 0.6) is 17.2 Å². The molecule has 1 aromatic heterocycles. The zero-order chi connectivity index (χ0) is 24.8. The summed E-state index contributed by atoms with van der Waals surface area (Å²) in [5.74, 6) is -0.0104. The molecule has 180 valence electrons. The van der Waals surface area contributed by atoms with Gasteiger partial charge in [-0.05, 0) is 39.1 Å². The number of benzene rings is 2. The lowest BCUT2D eigenvalue weighted by atomic mass is 10.1. The van der Waals surface area contributed by atoms with E-state index in [9.17, 15) is 14.8 Å². The molecule has 10 heteroatoms. The molecule has 0 fully saturated rings. The number of esters is 1. The molecule has 0 spiro atoms. The predicted octanol–water partition coefficient (Wildman–Crippen LogP) is 3.86. The first-order valence-corrected chi connectivity index (χ1v) is 11.9. The first-order chi connectivity index (χ1) is 16.2. The minimum Gasteiger partial charge on any atom is -0.575 e. The minimum absolute atomic E-state index is 0.0303. The molecule has 0 aliphatic rings. The highest BCUT2D eigenvalue weighted by molar-refractivity contribution is 7.34. The van der Waals surface area contributed by atoms with E-state index in [0.29, 0.717) is 28.0 Å². The number of hydrogen-bond donors (Lipinski definition) is 2. The van der Waals surface area contributed by atoms with Crippen LogP contribution >= 0.6 is 8.17 Å². The number of nitrogens with two attached hydrogens (primary N) is 1.